The van der Waals surface area contributed by atoms with E-state index < -0.39 is 0 Å². The Bertz CT molecular complexity index is 838. The van der Waals surface area contributed by atoms with E-state index in [0.29, 0.717) is 31.3 Å². The molecule has 0 saturated carbocycles. The molecule has 126 valence electrons. The quantitative estimate of drug-likeness (QED) is 0.751. The van der Waals surface area contributed by atoms with Gasteiger partial charge in [-0.1, -0.05) is 36.3 Å². The molecule has 2 heterocycles. The van der Waals surface area contributed by atoms with Crippen LogP contribution in [0.1, 0.15) is 17.2 Å². The molecular formula is C20H17NO4. The molecule has 2 aliphatic heterocycles. The van der Waals surface area contributed by atoms with Gasteiger partial charge in [-0.15, -0.1) is 0 Å². The molecule has 1 atom stereocenters. The fourth-order valence-corrected chi connectivity index (χ4v) is 2.97. The lowest BCUT2D eigenvalue weighted by atomic mass is 10.0. The van der Waals surface area contributed by atoms with E-state index in [1.807, 2.05) is 36.4 Å². The van der Waals surface area contributed by atoms with Crippen LogP contribution in [-0.2, 0) is 9.53 Å². The molecule has 25 heavy (non-hydrogen) atoms. The summed E-state index contributed by atoms with van der Waals surface area (Å²) in [6.07, 6.45) is 0. The van der Waals surface area contributed by atoms with Crippen LogP contribution in [0.15, 0.2) is 48.5 Å². The molecule has 0 unspecified atom stereocenters. The van der Waals surface area contributed by atoms with Gasteiger partial charge in [0.15, 0.2) is 11.5 Å². The second-order valence-electron chi connectivity index (χ2n) is 5.82. The third kappa shape index (κ3) is 3.30. The molecule has 1 saturated heterocycles. The highest BCUT2D eigenvalue weighted by Crippen LogP contribution is 2.32. The highest BCUT2D eigenvalue weighted by molar-refractivity contribution is 5.94. The maximum absolute atomic E-state index is 12.6. The standard InChI is InChI=1S/C20H17NO4/c22-20(9-7-15-6-8-18-19(12-15)25-14-24-18)21-10-11-23-13-17(21)16-4-2-1-3-5-16/h1-6,8,12,17H,10-11,13-14H2/t17-/m1/s1. The number of benzene rings is 2. The van der Waals surface area contributed by atoms with Crippen LogP contribution in [0.25, 0.3) is 0 Å². The Balaban J connectivity index is 1.53. The Morgan fingerprint density at radius 2 is 1.92 bits per heavy atom. The molecule has 0 aromatic heterocycles. The summed E-state index contributed by atoms with van der Waals surface area (Å²) < 4.78 is 16.2. The van der Waals surface area contributed by atoms with E-state index in [4.69, 9.17) is 14.2 Å². The third-order valence-corrected chi connectivity index (χ3v) is 4.26. The van der Waals surface area contributed by atoms with E-state index >= 15 is 0 Å². The lowest BCUT2D eigenvalue weighted by Gasteiger charge is -2.34. The van der Waals surface area contributed by atoms with Crippen LogP contribution in [0.2, 0.25) is 0 Å². The molecule has 5 nitrogen and oxygen atoms in total. The monoisotopic (exact) mass is 335 g/mol. The van der Waals surface area contributed by atoms with Gasteiger partial charge < -0.3 is 19.1 Å². The van der Waals surface area contributed by atoms with Crippen LogP contribution in [0, 0.1) is 11.8 Å². The number of fused-ring (bicyclic) bond motifs is 1. The molecule has 2 aromatic carbocycles. The molecule has 0 bridgehead atoms. The maximum atomic E-state index is 12.6. The van der Waals surface area contributed by atoms with E-state index in [1.54, 1.807) is 17.0 Å². The average molecular weight is 335 g/mol. The summed E-state index contributed by atoms with van der Waals surface area (Å²) in [6, 6.07) is 15.2. The zero-order valence-corrected chi connectivity index (χ0v) is 13.6. The van der Waals surface area contributed by atoms with Crippen LogP contribution in [0.4, 0.5) is 0 Å². The highest BCUT2D eigenvalue weighted by atomic mass is 16.7. The molecular weight excluding hydrogens is 318 g/mol. The van der Waals surface area contributed by atoms with Crippen molar-refractivity contribution >= 4 is 5.91 Å². The number of carbonyl (C=O) groups excluding carboxylic acids is 1. The topological polar surface area (TPSA) is 48.0 Å². The summed E-state index contributed by atoms with van der Waals surface area (Å²) in [5.41, 5.74) is 1.78. The van der Waals surface area contributed by atoms with Gasteiger partial charge in [-0.25, -0.2) is 0 Å². The van der Waals surface area contributed by atoms with E-state index in [-0.39, 0.29) is 18.7 Å². The van der Waals surface area contributed by atoms with Crippen LogP contribution in [0.5, 0.6) is 11.5 Å². The minimum absolute atomic E-state index is 0.103. The molecule has 5 heteroatoms. The number of morpholine rings is 1. The van der Waals surface area contributed by atoms with Crippen molar-refractivity contribution in [1.82, 2.24) is 4.90 Å². The first kappa shape index (κ1) is 15.6. The molecule has 2 aliphatic rings. The number of hydrogen-bond acceptors (Lipinski definition) is 4. The zero-order valence-electron chi connectivity index (χ0n) is 13.6. The van der Waals surface area contributed by atoms with Gasteiger partial charge in [0.2, 0.25) is 6.79 Å². The minimum Gasteiger partial charge on any atom is -0.454 e. The fourth-order valence-electron chi connectivity index (χ4n) is 2.97. The van der Waals surface area contributed by atoms with Crippen LogP contribution < -0.4 is 9.47 Å². The van der Waals surface area contributed by atoms with E-state index in [0.717, 1.165) is 11.1 Å². The number of nitrogens with zero attached hydrogens (tertiary/aromatic N) is 1. The molecule has 0 N–H and O–H groups in total. The molecule has 1 amide bonds. The number of ether oxygens (including phenoxy) is 3. The van der Waals surface area contributed by atoms with Crippen molar-refractivity contribution in [2.75, 3.05) is 26.6 Å². The Labute approximate surface area is 146 Å². The largest absolute Gasteiger partial charge is 0.454 e. The summed E-state index contributed by atoms with van der Waals surface area (Å²) in [4.78, 5) is 14.4. The highest BCUT2D eigenvalue weighted by Gasteiger charge is 2.27. The SMILES string of the molecule is O=C(C#Cc1ccc2c(c1)OCO2)N1CCOC[C@@H]1c1ccccc1. The van der Waals surface area contributed by atoms with Gasteiger partial charge in [-0.05, 0) is 23.8 Å². The van der Waals surface area contributed by atoms with Crippen LogP contribution in [0.3, 0.4) is 0 Å². The maximum Gasteiger partial charge on any atom is 0.299 e. The smallest absolute Gasteiger partial charge is 0.299 e. The van der Waals surface area contributed by atoms with Crippen molar-refractivity contribution in [2.45, 2.75) is 6.04 Å². The number of carbonyl (C=O) groups is 1. The first-order chi connectivity index (χ1) is 12.3. The second-order valence-corrected chi connectivity index (χ2v) is 5.82. The van der Waals surface area contributed by atoms with Gasteiger partial charge >= 0.3 is 0 Å². The summed E-state index contributed by atoms with van der Waals surface area (Å²) >= 11 is 0. The number of amides is 1. The molecule has 0 spiro atoms. The van der Waals surface area contributed by atoms with Gasteiger partial charge in [-0.3, -0.25) is 4.79 Å². The summed E-state index contributed by atoms with van der Waals surface area (Å²) in [5.74, 6) is 6.83. The fraction of sp³-hybridized carbons (Fsp3) is 0.250. The van der Waals surface area contributed by atoms with E-state index in [2.05, 4.69) is 11.8 Å². The summed E-state index contributed by atoms with van der Waals surface area (Å²) in [6.45, 7) is 1.77. The predicted octanol–water partition coefficient (Wildman–Crippen LogP) is 2.37. The molecule has 1 fully saturated rings. The normalized spacial score (nSPS) is 18.4. The lowest BCUT2D eigenvalue weighted by Crippen LogP contribution is -2.42. The molecule has 0 aliphatic carbocycles. The van der Waals surface area contributed by atoms with Crippen molar-refractivity contribution in [3.05, 3.63) is 59.7 Å². The van der Waals surface area contributed by atoms with Gasteiger partial charge in [0.25, 0.3) is 5.91 Å². The average Bonchev–Trinajstić information content (AvgIpc) is 3.14. The minimum atomic E-state index is -0.199. The van der Waals surface area contributed by atoms with Crippen LogP contribution in [-0.4, -0.2) is 37.4 Å². The number of hydrogen-bond donors (Lipinski definition) is 0. The van der Waals surface area contributed by atoms with Gasteiger partial charge in [-0.2, -0.15) is 0 Å². The van der Waals surface area contributed by atoms with Crippen molar-refractivity contribution in [2.24, 2.45) is 0 Å². The molecule has 4 rings (SSSR count). The second kappa shape index (κ2) is 6.88. The summed E-state index contributed by atoms with van der Waals surface area (Å²) in [7, 11) is 0. The van der Waals surface area contributed by atoms with E-state index in [1.165, 1.54) is 0 Å². The predicted molar refractivity (Wildman–Crippen MR) is 91.2 cm³/mol. The molecule has 0 radical (unpaired) electrons. The van der Waals surface area contributed by atoms with Gasteiger partial charge in [0.05, 0.1) is 19.3 Å². The van der Waals surface area contributed by atoms with Crippen molar-refractivity contribution in [3.8, 4) is 23.3 Å². The van der Waals surface area contributed by atoms with Crippen LogP contribution >= 0.6 is 0 Å². The Morgan fingerprint density at radius 1 is 1.08 bits per heavy atom. The third-order valence-electron chi connectivity index (χ3n) is 4.26. The first-order valence-corrected chi connectivity index (χ1v) is 8.16. The van der Waals surface area contributed by atoms with Crippen molar-refractivity contribution in [3.63, 3.8) is 0 Å². The van der Waals surface area contributed by atoms with E-state index in [9.17, 15) is 4.79 Å². The Hall–Kier alpha value is -2.97. The summed E-state index contributed by atoms with van der Waals surface area (Å²) in [5, 5.41) is 0. The van der Waals surface area contributed by atoms with Crippen molar-refractivity contribution in [1.29, 1.82) is 0 Å². The first-order valence-electron chi connectivity index (χ1n) is 8.16. The molecule has 2 aromatic rings. The lowest BCUT2D eigenvalue weighted by molar-refractivity contribution is -0.133. The van der Waals surface area contributed by atoms with Gasteiger partial charge in [0, 0.05) is 18.0 Å². The van der Waals surface area contributed by atoms with Gasteiger partial charge in [0.1, 0.15) is 0 Å². The Kier molecular flexibility index (Phi) is 4.28. The van der Waals surface area contributed by atoms with Crippen molar-refractivity contribution < 1.29 is 19.0 Å². The Morgan fingerprint density at radius 3 is 2.80 bits per heavy atom. The zero-order chi connectivity index (χ0) is 17.1. The number of rotatable bonds is 1.